The van der Waals surface area contributed by atoms with Crippen LogP contribution in [0.4, 0.5) is 17.6 Å². The van der Waals surface area contributed by atoms with Gasteiger partial charge in [0, 0.05) is 38.3 Å². The van der Waals surface area contributed by atoms with Gasteiger partial charge in [0.25, 0.3) is 5.91 Å². The van der Waals surface area contributed by atoms with Crippen LogP contribution in [-0.4, -0.2) is 90.6 Å². The van der Waals surface area contributed by atoms with Crippen molar-refractivity contribution in [1.82, 2.24) is 14.7 Å². The number of carbonyl (C=O) groups excluding carboxylic acids is 2. The zero-order chi connectivity index (χ0) is 24.1. The number of piperidine rings is 1. The van der Waals surface area contributed by atoms with Crippen molar-refractivity contribution >= 4 is 17.8 Å². The Morgan fingerprint density at radius 1 is 1.12 bits per heavy atom. The van der Waals surface area contributed by atoms with E-state index in [0.29, 0.717) is 31.5 Å². The van der Waals surface area contributed by atoms with Gasteiger partial charge >= 0.3 is 12.1 Å². The van der Waals surface area contributed by atoms with E-state index in [-0.39, 0.29) is 17.2 Å². The molecule has 0 radical (unpaired) electrons. The summed E-state index contributed by atoms with van der Waals surface area (Å²) in [5.74, 6) is -3.06. The van der Waals surface area contributed by atoms with Gasteiger partial charge in [-0.05, 0) is 51.6 Å². The minimum absolute atomic E-state index is 0.149. The molecule has 0 unspecified atom stereocenters. The molecule has 0 saturated carbocycles. The van der Waals surface area contributed by atoms with Crippen molar-refractivity contribution in [2.24, 2.45) is 5.41 Å². The van der Waals surface area contributed by atoms with Crippen molar-refractivity contribution in [1.29, 1.82) is 0 Å². The number of rotatable bonds is 4. The van der Waals surface area contributed by atoms with Gasteiger partial charge in [0.15, 0.2) is 0 Å². The lowest BCUT2D eigenvalue weighted by Gasteiger charge is -2.38. The summed E-state index contributed by atoms with van der Waals surface area (Å²) in [5, 5.41) is 7.12. The number of hydrogen-bond donors (Lipinski definition) is 1. The second kappa shape index (κ2) is 10.3. The lowest BCUT2D eigenvalue weighted by molar-refractivity contribution is -0.192. The van der Waals surface area contributed by atoms with Crippen LogP contribution in [0.1, 0.15) is 29.6 Å². The molecule has 1 aromatic rings. The van der Waals surface area contributed by atoms with Crippen LogP contribution in [0.25, 0.3) is 0 Å². The molecule has 1 N–H and O–H groups in total. The van der Waals surface area contributed by atoms with E-state index in [4.69, 9.17) is 9.90 Å². The molecule has 178 valence electrons. The maximum absolute atomic E-state index is 13.3. The number of likely N-dealkylation sites (N-methyl/N-ethyl adjacent to an activating group) is 1. The van der Waals surface area contributed by atoms with Crippen molar-refractivity contribution in [3.05, 3.63) is 35.6 Å². The number of halogens is 4. The van der Waals surface area contributed by atoms with E-state index in [2.05, 4.69) is 4.90 Å². The van der Waals surface area contributed by atoms with Gasteiger partial charge in [-0.15, -0.1) is 0 Å². The van der Waals surface area contributed by atoms with Gasteiger partial charge in [-0.25, -0.2) is 9.18 Å². The van der Waals surface area contributed by atoms with Crippen molar-refractivity contribution < 1.29 is 37.1 Å². The molecular weight excluding hydrogens is 434 g/mol. The Kier molecular flexibility index (Phi) is 8.22. The Bertz CT molecular complexity index is 837. The molecule has 1 spiro atoms. The lowest BCUT2D eigenvalue weighted by atomic mass is 9.77. The zero-order valence-corrected chi connectivity index (χ0v) is 18.0. The van der Waals surface area contributed by atoms with Gasteiger partial charge in [0.1, 0.15) is 5.82 Å². The third-order valence-corrected chi connectivity index (χ3v) is 5.74. The SMILES string of the molecule is CN(C)CCN1CCC2(CCN(C(=O)c3cccc(F)c3)CC2)C1=O.O=C(O)C(F)(F)F. The summed E-state index contributed by atoms with van der Waals surface area (Å²) in [4.78, 5) is 40.1. The number of carboxylic acid groups (broad SMARTS) is 1. The highest BCUT2D eigenvalue weighted by Crippen LogP contribution is 2.41. The minimum Gasteiger partial charge on any atom is -0.475 e. The molecule has 2 fully saturated rings. The van der Waals surface area contributed by atoms with Crippen molar-refractivity contribution in [3.63, 3.8) is 0 Å². The Labute approximate surface area is 183 Å². The molecule has 2 saturated heterocycles. The molecule has 2 amide bonds. The number of benzene rings is 1. The number of hydrogen-bond acceptors (Lipinski definition) is 4. The van der Waals surface area contributed by atoms with E-state index in [1.807, 2.05) is 19.0 Å². The fourth-order valence-electron chi connectivity index (χ4n) is 3.83. The third kappa shape index (κ3) is 6.41. The summed E-state index contributed by atoms with van der Waals surface area (Å²) < 4.78 is 45.1. The van der Waals surface area contributed by atoms with E-state index in [1.54, 1.807) is 17.0 Å². The number of carboxylic acids is 1. The fraction of sp³-hybridized carbons (Fsp3) is 0.571. The molecule has 0 bridgehead atoms. The van der Waals surface area contributed by atoms with Crippen LogP contribution < -0.4 is 0 Å². The molecule has 0 aliphatic carbocycles. The van der Waals surface area contributed by atoms with Gasteiger partial charge in [-0.3, -0.25) is 9.59 Å². The van der Waals surface area contributed by atoms with E-state index in [1.165, 1.54) is 12.1 Å². The first kappa shape index (κ1) is 25.6. The van der Waals surface area contributed by atoms with Crippen LogP contribution in [0.5, 0.6) is 0 Å². The molecule has 0 aromatic heterocycles. The largest absolute Gasteiger partial charge is 0.490 e. The maximum atomic E-state index is 13.3. The standard InChI is InChI=1S/C19H26FN3O2.C2HF3O2/c1-21(2)12-13-23-11-8-19(18(23)25)6-9-22(10-7-19)17(24)15-4-3-5-16(20)14-15;3-2(4,5)1(6)7/h3-5,14H,6-13H2,1-2H3;(H,6,7). The highest BCUT2D eigenvalue weighted by molar-refractivity contribution is 5.94. The highest BCUT2D eigenvalue weighted by atomic mass is 19.4. The van der Waals surface area contributed by atoms with Gasteiger partial charge in [0.2, 0.25) is 5.91 Å². The predicted molar refractivity (Wildman–Crippen MR) is 107 cm³/mol. The number of carbonyl (C=O) groups is 3. The Morgan fingerprint density at radius 3 is 2.19 bits per heavy atom. The molecule has 3 rings (SSSR count). The summed E-state index contributed by atoms with van der Waals surface area (Å²) in [5.41, 5.74) is 0.0756. The van der Waals surface area contributed by atoms with Gasteiger partial charge in [0.05, 0.1) is 5.41 Å². The first-order chi connectivity index (χ1) is 14.9. The molecule has 0 atom stereocenters. The summed E-state index contributed by atoms with van der Waals surface area (Å²) in [6, 6.07) is 5.80. The second-order valence-electron chi connectivity index (χ2n) is 8.23. The quantitative estimate of drug-likeness (QED) is 0.697. The second-order valence-corrected chi connectivity index (χ2v) is 8.23. The van der Waals surface area contributed by atoms with E-state index in [0.717, 1.165) is 26.1 Å². The molecule has 2 heterocycles. The van der Waals surface area contributed by atoms with Crippen LogP contribution in [-0.2, 0) is 9.59 Å². The average Bonchev–Trinajstić information content (AvgIpc) is 3.01. The molecule has 11 heteroatoms. The minimum atomic E-state index is -5.08. The first-order valence-electron chi connectivity index (χ1n) is 10.1. The van der Waals surface area contributed by atoms with E-state index < -0.39 is 18.0 Å². The molecule has 2 aliphatic heterocycles. The summed E-state index contributed by atoms with van der Waals surface area (Å²) >= 11 is 0. The van der Waals surface area contributed by atoms with Crippen molar-refractivity contribution in [3.8, 4) is 0 Å². The number of likely N-dealkylation sites (tertiary alicyclic amines) is 2. The number of amides is 2. The topological polar surface area (TPSA) is 81.2 Å². The zero-order valence-electron chi connectivity index (χ0n) is 18.0. The smallest absolute Gasteiger partial charge is 0.475 e. The molecule has 1 aromatic carbocycles. The van der Waals surface area contributed by atoms with Crippen LogP contribution >= 0.6 is 0 Å². The third-order valence-electron chi connectivity index (χ3n) is 5.74. The normalized spacial score (nSPS) is 18.0. The van der Waals surface area contributed by atoms with E-state index in [9.17, 15) is 27.2 Å². The monoisotopic (exact) mass is 461 g/mol. The van der Waals surface area contributed by atoms with Gasteiger partial charge < -0.3 is 19.8 Å². The molecule has 7 nitrogen and oxygen atoms in total. The number of alkyl halides is 3. The predicted octanol–water partition coefficient (Wildman–Crippen LogP) is 2.48. The van der Waals surface area contributed by atoms with Gasteiger partial charge in [-0.2, -0.15) is 13.2 Å². The molecule has 2 aliphatic rings. The first-order valence-corrected chi connectivity index (χ1v) is 10.1. The molecular formula is C21H27F4N3O4. The number of nitrogens with zero attached hydrogens (tertiary/aromatic N) is 3. The Hall–Kier alpha value is -2.69. The average molecular weight is 461 g/mol. The van der Waals surface area contributed by atoms with Crippen molar-refractivity contribution in [2.75, 3.05) is 46.8 Å². The Morgan fingerprint density at radius 2 is 1.69 bits per heavy atom. The van der Waals surface area contributed by atoms with Crippen LogP contribution in [0, 0.1) is 11.2 Å². The van der Waals surface area contributed by atoms with Crippen LogP contribution in [0.2, 0.25) is 0 Å². The van der Waals surface area contributed by atoms with Crippen LogP contribution in [0.3, 0.4) is 0 Å². The van der Waals surface area contributed by atoms with Crippen molar-refractivity contribution in [2.45, 2.75) is 25.4 Å². The van der Waals surface area contributed by atoms with Gasteiger partial charge in [-0.1, -0.05) is 6.07 Å². The summed E-state index contributed by atoms with van der Waals surface area (Å²) in [6.07, 6.45) is -2.81. The summed E-state index contributed by atoms with van der Waals surface area (Å²) in [6.45, 7) is 3.56. The highest BCUT2D eigenvalue weighted by Gasteiger charge is 2.48. The molecule has 32 heavy (non-hydrogen) atoms. The van der Waals surface area contributed by atoms with Crippen LogP contribution in [0.15, 0.2) is 24.3 Å². The fourth-order valence-corrected chi connectivity index (χ4v) is 3.83. The summed E-state index contributed by atoms with van der Waals surface area (Å²) in [7, 11) is 4.01. The maximum Gasteiger partial charge on any atom is 0.490 e. The van der Waals surface area contributed by atoms with E-state index >= 15 is 0 Å². The lowest BCUT2D eigenvalue weighted by Crippen LogP contribution is -2.47. The number of aliphatic carboxylic acids is 1. The Balaban J connectivity index is 0.000000451.